The van der Waals surface area contributed by atoms with Crippen molar-refractivity contribution in [3.05, 3.63) is 57.5 Å². The van der Waals surface area contributed by atoms with Crippen LogP contribution in [-0.2, 0) is 0 Å². The van der Waals surface area contributed by atoms with Crippen molar-refractivity contribution in [2.45, 2.75) is 32.4 Å². The van der Waals surface area contributed by atoms with Crippen molar-refractivity contribution in [2.24, 2.45) is 5.73 Å². The topological polar surface area (TPSA) is 114 Å². The van der Waals surface area contributed by atoms with Crippen LogP contribution in [-0.4, -0.2) is 64.3 Å². The molecule has 10 heteroatoms. The standard InChI is InChI=1S/C22H25ClFN5O3/c1-11-20(23)12(2)28-21(27-11)17-8-29(9-18(17)25)22(31)16-4-3-13(24)5-19(16)32-10-14-6-15(30)7-26-14/h3-5,14-15,26,30H,6-10,25H2,1-2H3. The van der Waals surface area contributed by atoms with Gasteiger partial charge in [-0.3, -0.25) is 4.79 Å². The lowest BCUT2D eigenvalue weighted by Gasteiger charge is -2.20. The van der Waals surface area contributed by atoms with Gasteiger partial charge in [0, 0.05) is 29.9 Å². The summed E-state index contributed by atoms with van der Waals surface area (Å²) in [5.41, 5.74) is 8.89. The van der Waals surface area contributed by atoms with Crippen LogP contribution in [0.15, 0.2) is 23.9 Å². The van der Waals surface area contributed by atoms with Crippen molar-refractivity contribution in [1.82, 2.24) is 20.2 Å². The maximum absolute atomic E-state index is 13.9. The van der Waals surface area contributed by atoms with Crippen molar-refractivity contribution < 1.29 is 19.0 Å². The average Bonchev–Trinajstić information content (AvgIpc) is 3.35. The van der Waals surface area contributed by atoms with Gasteiger partial charge in [-0.05, 0) is 32.4 Å². The lowest BCUT2D eigenvalue weighted by molar-refractivity contribution is 0.0793. The Kier molecular flexibility index (Phi) is 6.32. The lowest BCUT2D eigenvalue weighted by atomic mass is 10.1. The molecule has 170 valence electrons. The van der Waals surface area contributed by atoms with Crippen LogP contribution in [0.2, 0.25) is 5.02 Å². The number of β-amino-alcohol motifs (C(OH)–C–C–N with tert-alkyl or cyclic N) is 1. The van der Waals surface area contributed by atoms with E-state index < -0.39 is 11.9 Å². The Morgan fingerprint density at radius 3 is 2.72 bits per heavy atom. The van der Waals surface area contributed by atoms with Gasteiger partial charge in [-0.15, -0.1) is 0 Å². The number of ether oxygens (including phenoxy) is 1. The molecule has 4 rings (SSSR count). The summed E-state index contributed by atoms with van der Waals surface area (Å²) < 4.78 is 19.7. The van der Waals surface area contributed by atoms with E-state index in [-0.39, 0.29) is 43.0 Å². The van der Waals surface area contributed by atoms with Crippen molar-refractivity contribution in [1.29, 1.82) is 0 Å². The number of rotatable bonds is 5. The van der Waals surface area contributed by atoms with Gasteiger partial charge in [-0.2, -0.15) is 0 Å². The number of aryl methyl sites for hydroxylation is 2. The first kappa shape index (κ1) is 22.4. The highest BCUT2D eigenvalue weighted by molar-refractivity contribution is 6.31. The summed E-state index contributed by atoms with van der Waals surface area (Å²) in [5.74, 6) is -0.241. The molecule has 1 aromatic heterocycles. The predicted molar refractivity (Wildman–Crippen MR) is 118 cm³/mol. The lowest BCUT2D eigenvalue weighted by Crippen LogP contribution is -2.32. The normalized spacial score (nSPS) is 20.8. The molecule has 2 aromatic rings. The third kappa shape index (κ3) is 4.55. The molecule has 0 aliphatic carbocycles. The molecule has 2 atom stereocenters. The number of aromatic nitrogens is 2. The highest BCUT2D eigenvalue weighted by Gasteiger charge is 2.30. The van der Waals surface area contributed by atoms with Gasteiger partial charge in [0.05, 0.1) is 41.2 Å². The van der Waals surface area contributed by atoms with Crippen LogP contribution in [0, 0.1) is 19.7 Å². The molecule has 0 spiro atoms. The first-order valence-electron chi connectivity index (χ1n) is 10.3. The van der Waals surface area contributed by atoms with E-state index in [4.69, 9.17) is 22.1 Å². The molecule has 1 saturated heterocycles. The third-order valence-corrected chi connectivity index (χ3v) is 6.20. The van der Waals surface area contributed by atoms with Gasteiger partial charge in [-0.25, -0.2) is 14.4 Å². The fourth-order valence-corrected chi connectivity index (χ4v) is 4.01. The van der Waals surface area contributed by atoms with E-state index in [0.717, 1.165) is 0 Å². The summed E-state index contributed by atoms with van der Waals surface area (Å²) in [7, 11) is 0. The zero-order valence-corrected chi connectivity index (χ0v) is 18.6. The fraction of sp³-hybridized carbons (Fsp3) is 0.409. The van der Waals surface area contributed by atoms with E-state index in [1.165, 1.54) is 18.2 Å². The molecule has 2 aliphatic rings. The van der Waals surface area contributed by atoms with Crippen LogP contribution >= 0.6 is 11.6 Å². The zero-order chi connectivity index (χ0) is 23.0. The Morgan fingerprint density at radius 1 is 1.34 bits per heavy atom. The van der Waals surface area contributed by atoms with E-state index in [9.17, 15) is 14.3 Å². The van der Waals surface area contributed by atoms with E-state index in [1.807, 2.05) is 0 Å². The number of aliphatic hydroxyl groups is 1. The summed E-state index contributed by atoms with van der Waals surface area (Å²) in [4.78, 5) is 23.6. The summed E-state index contributed by atoms with van der Waals surface area (Å²) in [6.07, 6.45) is 0.103. The van der Waals surface area contributed by atoms with Crippen molar-refractivity contribution in [3.63, 3.8) is 0 Å². The maximum atomic E-state index is 13.9. The van der Waals surface area contributed by atoms with Gasteiger partial charge >= 0.3 is 0 Å². The molecule has 1 fully saturated rings. The number of carbonyl (C=O) groups is 1. The van der Waals surface area contributed by atoms with Gasteiger partial charge in [0.25, 0.3) is 5.91 Å². The fourth-order valence-electron chi connectivity index (χ4n) is 3.92. The minimum atomic E-state index is -0.503. The van der Waals surface area contributed by atoms with Crippen LogP contribution in [0.4, 0.5) is 4.39 Å². The van der Waals surface area contributed by atoms with E-state index >= 15 is 0 Å². The van der Waals surface area contributed by atoms with Crippen molar-refractivity contribution in [3.8, 4) is 5.75 Å². The molecular formula is C22H25ClFN5O3. The second-order valence-electron chi connectivity index (χ2n) is 8.14. The largest absolute Gasteiger partial charge is 0.491 e. The number of hydrogen-bond acceptors (Lipinski definition) is 7. The molecule has 1 aromatic carbocycles. The van der Waals surface area contributed by atoms with Crippen LogP contribution in [0.3, 0.4) is 0 Å². The van der Waals surface area contributed by atoms with Crippen LogP contribution in [0.5, 0.6) is 5.75 Å². The molecular weight excluding hydrogens is 437 g/mol. The van der Waals surface area contributed by atoms with Gasteiger partial charge in [0.15, 0.2) is 5.82 Å². The van der Waals surface area contributed by atoms with Crippen LogP contribution in [0.25, 0.3) is 5.57 Å². The summed E-state index contributed by atoms with van der Waals surface area (Å²) >= 11 is 6.17. The molecule has 4 N–H and O–H groups in total. The molecule has 0 saturated carbocycles. The second kappa shape index (κ2) is 9.01. The summed E-state index contributed by atoms with van der Waals surface area (Å²) in [5, 5.41) is 13.3. The minimum Gasteiger partial charge on any atom is -0.491 e. The Hall–Kier alpha value is -2.75. The Bertz CT molecular complexity index is 1070. The number of nitrogens with two attached hydrogens (primary N) is 1. The SMILES string of the molecule is Cc1nc(C2=C(N)CN(C(=O)c3ccc(F)cc3OCC3CC(O)CN3)C2)nc(C)c1Cl. The zero-order valence-electron chi connectivity index (χ0n) is 17.9. The number of hydrogen-bond donors (Lipinski definition) is 3. The van der Waals surface area contributed by atoms with Gasteiger partial charge < -0.3 is 25.8 Å². The average molecular weight is 462 g/mol. The molecule has 1 amide bonds. The van der Waals surface area contributed by atoms with Gasteiger partial charge in [0.1, 0.15) is 18.2 Å². The first-order chi connectivity index (χ1) is 15.2. The highest BCUT2D eigenvalue weighted by Crippen LogP contribution is 2.29. The third-order valence-electron chi connectivity index (χ3n) is 5.65. The van der Waals surface area contributed by atoms with E-state index in [0.29, 0.717) is 46.5 Å². The molecule has 3 heterocycles. The number of halogens is 2. The number of benzene rings is 1. The summed E-state index contributed by atoms with van der Waals surface area (Å²) in [6.45, 7) is 4.69. The summed E-state index contributed by atoms with van der Waals surface area (Å²) in [6, 6.07) is 3.76. The van der Waals surface area contributed by atoms with Gasteiger partial charge in [-0.1, -0.05) is 11.6 Å². The van der Waals surface area contributed by atoms with Gasteiger partial charge in [0.2, 0.25) is 0 Å². The monoisotopic (exact) mass is 461 g/mol. The van der Waals surface area contributed by atoms with E-state index in [2.05, 4.69) is 15.3 Å². The number of carbonyl (C=O) groups excluding carboxylic acids is 1. The van der Waals surface area contributed by atoms with Crippen molar-refractivity contribution in [2.75, 3.05) is 26.2 Å². The van der Waals surface area contributed by atoms with E-state index in [1.54, 1.807) is 18.7 Å². The number of nitrogens with one attached hydrogen (secondary N) is 1. The van der Waals surface area contributed by atoms with Crippen molar-refractivity contribution >= 4 is 23.1 Å². The molecule has 8 nitrogen and oxygen atoms in total. The smallest absolute Gasteiger partial charge is 0.258 e. The Morgan fingerprint density at radius 2 is 2.06 bits per heavy atom. The molecule has 2 unspecified atom stereocenters. The molecule has 0 radical (unpaired) electrons. The Labute approximate surface area is 190 Å². The Balaban J connectivity index is 1.52. The van der Waals surface area contributed by atoms with Crippen LogP contribution < -0.4 is 15.8 Å². The van der Waals surface area contributed by atoms with Crippen LogP contribution in [0.1, 0.15) is 34.0 Å². The molecule has 2 aliphatic heterocycles. The molecule has 32 heavy (non-hydrogen) atoms. The number of aliphatic hydroxyl groups excluding tert-OH is 1. The maximum Gasteiger partial charge on any atom is 0.258 e. The second-order valence-corrected chi connectivity index (χ2v) is 8.52. The predicted octanol–water partition coefficient (Wildman–Crippen LogP) is 1.81. The minimum absolute atomic E-state index is 0.0690. The molecule has 0 bridgehead atoms. The highest BCUT2D eigenvalue weighted by atomic mass is 35.5. The number of nitrogens with zero attached hydrogens (tertiary/aromatic N) is 3. The quantitative estimate of drug-likeness (QED) is 0.622. The number of amides is 1. The first-order valence-corrected chi connectivity index (χ1v) is 10.7.